The van der Waals surface area contributed by atoms with Gasteiger partial charge in [0.25, 0.3) is 0 Å². The lowest BCUT2D eigenvalue weighted by molar-refractivity contribution is 0.570. The molecule has 3 rings (SSSR count). The molecule has 0 amide bonds. The molecule has 3 heterocycles. The summed E-state index contributed by atoms with van der Waals surface area (Å²) in [6.07, 6.45) is 10.5. The van der Waals surface area contributed by atoms with Crippen LogP contribution in [0.25, 0.3) is 0 Å². The van der Waals surface area contributed by atoms with Gasteiger partial charge in [0.15, 0.2) is 5.96 Å². The van der Waals surface area contributed by atoms with Gasteiger partial charge in [0, 0.05) is 58.4 Å². The number of rotatable bonds is 7. The minimum Gasteiger partial charge on any atom is -0.357 e. The normalized spacial score (nSPS) is 14.6. The van der Waals surface area contributed by atoms with Gasteiger partial charge in [-0.05, 0) is 49.4 Å². The van der Waals surface area contributed by atoms with Crippen molar-refractivity contribution in [3.8, 4) is 0 Å². The molecule has 148 valence electrons. The minimum atomic E-state index is 0. The van der Waals surface area contributed by atoms with E-state index < -0.39 is 0 Å². The number of aryl methyl sites for hydroxylation is 1. The zero-order chi connectivity index (χ0) is 18.0. The highest BCUT2D eigenvalue weighted by Gasteiger charge is 2.12. The van der Waals surface area contributed by atoms with Gasteiger partial charge in [-0.3, -0.25) is 9.67 Å². The molecule has 1 aliphatic heterocycles. The molecule has 0 saturated carbocycles. The third-order valence-corrected chi connectivity index (χ3v) is 4.59. The highest BCUT2D eigenvalue weighted by molar-refractivity contribution is 14.0. The topological polar surface area (TPSA) is 70.4 Å². The maximum atomic E-state index is 4.54. The van der Waals surface area contributed by atoms with Gasteiger partial charge in [0.05, 0.1) is 0 Å². The first kappa shape index (κ1) is 21.5. The number of aromatic nitrogens is 3. The van der Waals surface area contributed by atoms with Crippen molar-refractivity contribution in [1.82, 2.24) is 25.4 Å². The largest absolute Gasteiger partial charge is 0.357 e. The second kappa shape index (κ2) is 11.8. The van der Waals surface area contributed by atoms with Gasteiger partial charge >= 0.3 is 0 Å². The standard InChI is InChI=1S/C19H29N7.HI/c1-20-19(22-8-5-13-26-14-6-9-24-26)23-16-17-7-10-21-18(15-17)25-11-3-2-4-12-25;/h6-7,9-10,14-15H,2-5,8,11-13,16H2,1H3,(H2,20,22,23);1H. The Bertz CT molecular complexity index is 681. The van der Waals surface area contributed by atoms with Gasteiger partial charge in [0.1, 0.15) is 5.82 Å². The summed E-state index contributed by atoms with van der Waals surface area (Å²) in [6.45, 7) is 4.73. The van der Waals surface area contributed by atoms with E-state index in [0.717, 1.165) is 50.9 Å². The van der Waals surface area contributed by atoms with Crippen LogP contribution in [-0.4, -0.2) is 47.4 Å². The molecule has 1 aliphatic rings. The van der Waals surface area contributed by atoms with E-state index in [1.165, 1.54) is 24.8 Å². The molecule has 2 N–H and O–H groups in total. The highest BCUT2D eigenvalue weighted by Crippen LogP contribution is 2.18. The van der Waals surface area contributed by atoms with Gasteiger partial charge in [-0.2, -0.15) is 5.10 Å². The van der Waals surface area contributed by atoms with Crippen molar-refractivity contribution >= 4 is 35.8 Å². The SMILES string of the molecule is CN=C(NCCCn1cccn1)NCc1ccnc(N2CCCCC2)c1.I. The van der Waals surface area contributed by atoms with Gasteiger partial charge in [-0.15, -0.1) is 24.0 Å². The lowest BCUT2D eigenvalue weighted by Crippen LogP contribution is -2.37. The van der Waals surface area contributed by atoms with Crippen molar-refractivity contribution in [2.45, 2.75) is 38.8 Å². The Kier molecular flexibility index (Phi) is 9.37. The fourth-order valence-corrected chi connectivity index (χ4v) is 3.15. The zero-order valence-corrected chi connectivity index (χ0v) is 18.3. The van der Waals surface area contributed by atoms with E-state index in [1.807, 2.05) is 23.1 Å². The molecule has 0 atom stereocenters. The smallest absolute Gasteiger partial charge is 0.191 e. The maximum Gasteiger partial charge on any atom is 0.191 e. The van der Waals surface area contributed by atoms with E-state index in [1.54, 1.807) is 13.2 Å². The number of guanidine groups is 1. The molecular formula is C19H30IN7. The van der Waals surface area contributed by atoms with Gasteiger partial charge in [0.2, 0.25) is 0 Å². The van der Waals surface area contributed by atoms with Crippen LogP contribution in [0, 0.1) is 0 Å². The summed E-state index contributed by atoms with van der Waals surface area (Å²) in [5, 5.41) is 10.9. The Morgan fingerprint density at radius 1 is 1.19 bits per heavy atom. The average Bonchev–Trinajstić information content (AvgIpc) is 3.22. The van der Waals surface area contributed by atoms with E-state index in [4.69, 9.17) is 0 Å². The molecule has 0 spiro atoms. The fraction of sp³-hybridized carbons (Fsp3) is 0.526. The number of pyridine rings is 1. The van der Waals surface area contributed by atoms with Crippen LogP contribution in [0.15, 0.2) is 41.8 Å². The number of halogens is 1. The summed E-state index contributed by atoms with van der Waals surface area (Å²) in [4.78, 5) is 11.2. The number of aliphatic imine (C=N–C) groups is 1. The van der Waals surface area contributed by atoms with E-state index in [-0.39, 0.29) is 24.0 Å². The maximum absolute atomic E-state index is 4.54. The Labute approximate surface area is 178 Å². The summed E-state index contributed by atoms with van der Waals surface area (Å²) >= 11 is 0. The molecule has 7 nitrogen and oxygen atoms in total. The molecule has 0 radical (unpaired) electrons. The molecule has 0 aromatic carbocycles. The summed E-state index contributed by atoms with van der Waals surface area (Å²) in [5.41, 5.74) is 1.22. The van der Waals surface area contributed by atoms with Crippen molar-refractivity contribution < 1.29 is 0 Å². The molecule has 0 unspecified atom stereocenters. The predicted molar refractivity (Wildman–Crippen MR) is 121 cm³/mol. The molecule has 1 saturated heterocycles. The number of nitrogens with zero attached hydrogens (tertiary/aromatic N) is 5. The number of anilines is 1. The number of hydrogen-bond acceptors (Lipinski definition) is 4. The molecule has 0 aliphatic carbocycles. The minimum absolute atomic E-state index is 0. The molecule has 1 fully saturated rings. The molecular weight excluding hydrogens is 453 g/mol. The van der Waals surface area contributed by atoms with Crippen molar-refractivity contribution in [3.05, 3.63) is 42.4 Å². The first-order valence-electron chi connectivity index (χ1n) is 9.47. The monoisotopic (exact) mass is 483 g/mol. The van der Waals surface area contributed by atoms with Crippen LogP contribution in [0.4, 0.5) is 5.82 Å². The van der Waals surface area contributed by atoms with Gasteiger partial charge in [-0.25, -0.2) is 4.98 Å². The number of nitrogens with one attached hydrogen (secondary N) is 2. The molecule has 8 heteroatoms. The summed E-state index contributed by atoms with van der Waals surface area (Å²) < 4.78 is 1.94. The van der Waals surface area contributed by atoms with Crippen LogP contribution in [-0.2, 0) is 13.1 Å². The Morgan fingerprint density at radius 2 is 2.04 bits per heavy atom. The van der Waals surface area contributed by atoms with Crippen LogP contribution in [0.2, 0.25) is 0 Å². The third-order valence-electron chi connectivity index (χ3n) is 4.59. The number of hydrogen-bond donors (Lipinski definition) is 2. The lowest BCUT2D eigenvalue weighted by Gasteiger charge is -2.28. The van der Waals surface area contributed by atoms with Crippen LogP contribution in [0.3, 0.4) is 0 Å². The summed E-state index contributed by atoms with van der Waals surface area (Å²) in [6, 6.07) is 6.19. The molecule has 0 bridgehead atoms. The first-order chi connectivity index (χ1) is 12.8. The van der Waals surface area contributed by atoms with E-state index in [0.29, 0.717) is 0 Å². The summed E-state index contributed by atoms with van der Waals surface area (Å²) in [7, 11) is 1.80. The Morgan fingerprint density at radius 3 is 2.78 bits per heavy atom. The van der Waals surface area contributed by atoms with Crippen molar-refractivity contribution in [2.75, 3.05) is 31.6 Å². The Balaban J connectivity index is 0.00000261. The van der Waals surface area contributed by atoms with Crippen LogP contribution >= 0.6 is 24.0 Å². The van der Waals surface area contributed by atoms with Crippen molar-refractivity contribution in [2.24, 2.45) is 4.99 Å². The number of piperidine rings is 1. The first-order valence-corrected chi connectivity index (χ1v) is 9.47. The molecule has 27 heavy (non-hydrogen) atoms. The highest BCUT2D eigenvalue weighted by atomic mass is 127. The van der Waals surface area contributed by atoms with Crippen molar-refractivity contribution in [3.63, 3.8) is 0 Å². The van der Waals surface area contributed by atoms with E-state index in [9.17, 15) is 0 Å². The second-order valence-electron chi connectivity index (χ2n) is 6.55. The van der Waals surface area contributed by atoms with Crippen molar-refractivity contribution in [1.29, 1.82) is 0 Å². The Hall–Kier alpha value is -1.84. The van der Waals surface area contributed by atoms with E-state index >= 15 is 0 Å². The van der Waals surface area contributed by atoms with Gasteiger partial charge < -0.3 is 15.5 Å². The van der Waals surface area contributed by atoms with Crippen LogP contribution in [0.1, 0.15) is 31.2 Å². The zero-order valence-electron chi connectivity index (χ0n) is 16.0. The predicted octanol–water partition coefficient (Wildman–Crippen LogP) is 2.64. The molecule has 2 aromatic rings. The fourth-order valence-electron chi connectivity index (χ4n) is 3.15. The molecule has 2 aromatic heterocycles. The lowest BCUT2D eigenvalue weighted by atomic mass is 10.1. The summed E-state index contributed by atoms with van der Waals surface area (Å²) in [5.74, 6) is 1.91. The van der Waals surface area contributed by atoms with Gasteiger partial charge in [-0.1, -0.05) is 0 Å². The van der Waals surface area contributed by atoms with Crippen LogP contribution < -0.4 is 15.5 Å². The van der Waals surface area contributed by atoms with Crippen LogP contribution in [0.5, 0.6) is 0 Å². The second-order valence-corrected chi connectivity index (χ2v) is 6.55. The van der Waals surface area contributed by atoms with E-state index in [2.05, 4.69) is 42.7 Å². The average molecular weight is 483 g/mol. The third kappa shape index (κ3) is 7.00. The quantitative estimate of drug-likeness (QED) is 0.274.